The Bertz CT molecular complexity index is 1210. The molecule has 1 aliphatic rings. The number of thiocarbonyl (C=S) groups is 1. The quantitative estimate of drug-likeness (QED) is 0.287. The van der Waals surface area contributed by atoms with Gasteiger partial charge >= 0.3 is 0 Å². The molecule has 1 aromatic carbocycles. The molecule has 7 nitrogen and oxygen atoms in total. The lowest BCUT2D eigenvalue weighted by molar-refractivity contribution is -0.123. The third-order valence-electron chi connectivity index (χ3n) is 5.20. The monoisotopic (exact) mass is 480 g/mol. The molecule has 0 unspecified atom stereocenters. The fourth-order valence-corrected chi connectivity index (χ4v) is 4.87. The van der Waals surface area contributed by atoms with Crippen molar-refractivity contribution in [3.05, 3.63) is 71.0 Å². The van der Waals surface area contributed by atoms with Crippen LogP contribution in [0.4, 0.5) is 0 Å². The third-order valence-corrected chi connectivity index (χ3v) is 6.58. The zero-order valence-corrected chi connectivity index (χ0v) is 19.8. The standard InChI is InChI=1S/C24H24N4O3S2/c1-31-11-5-10-26-22(29)16-27-15-18(19-7-2-3-8-20(19)27)12-21-23(30)28(24(32)33-21)14-17-6-4-9-25-13-17/h2-4,6-9,12-13,15H,5,10-11,14,16H2,1H3,(H,26,29)/b21-12-. The average molecular weight is 481 g/mol. The summed E-state index contributed by atoms with van der Waals surface area (Å²) in [5.74, 6) is -0.192. The number of ether oxygens (including phenoxy) is 1. The molecule has 2 aromatic heterocycles. The number of aromatic nitrogens is 2. The van der Waals surface area contributed by atoms with Crippen LogP contribution in [0.3, 0.4) is 0 Å². The van der Waals surface area contributed by atoms with Crippen molar-refractivity contribution in [1.82, 2.24) is 19.8 Å². The number of para-hydroxylation sites is 1. The maximum atomic E-state index is 13.1. The van der Waals surface area contributed by atoms with E-state index in [2.05, 4.69) is 10.3 Å². The second-order valence-electron chi connectivity index (χ2n) is 7.55. The summed E-state index contributed by atoms with van der Waals surface area (Å²) >= 11 is 6.76. The van der Waals surface area contributed by atoms with Crippen molar-refractivity contribution in [2.75, 3.05) is 20.3 Å². The zero-order chi connectivity index (χ0) is 23.2. The molecule has 2 amide bonds. The molecule has 0 atom stereocenters. The van der Waals surface area contributed by atoms with Crippen molar-refractivity contribution in [3.63, 3.8) is 0 Å². The lowest BCUT2D eigenvalue weighted by Gasteiger charge is -2.13. The molecule has 33 heavy (non-hydrogen) atoms. The van der Waals surface area contributed by atoms with E-state index in [-0.39, 0.29) is 18.4 Å². The molecule has 1 N–H and O–H groups in total. The highest BCUT2D eigenvalue weighted by atomic mass is 32.2. The molecule has 3 heterocycles. The van der Waals surface area contributed by atoms with Gasteiger partial charge in [-0.25, -0.2) is 0 Å². The molecule has 4 rings (SSSR count). The van der Waals surface area contributed by atoms with Gasteiger partial charge in [-0.3, -0.25) is 19.5 Å². The van der Waals surface area contributed by atoms with Gasteiger partial charge in [0.2, 0.25) is 5.91 Å². The number of fused-ring (bicyclic) bond motifs is 1. The van der Waals surface area contributed by atoms with E-state index in [1.54, 1.807) is 24.4 Å². The Kier molecular flexibility index (Phi) is 7.54. The summed E-state index contributed by atoms with van der Waals surface area (Å²) in [7, 11) is 1.64. The highest BCUT2D eigenvalue weighted by molar-refractivity contribution is 8.26. The number of carbonyl (C=O) groups excluding carboxylic acids is 2. The number of thioether (sulfide) groups is 1. The Hall–Kier alpha value is -3.01. The van der Waals surface area contributed by atoms with Crippen LogP contribution < -0.4 is 5.32 Å². The molecule has 9 heteroatoms. The van der Waals surface area contributed by atoms with Crippen molar-refractivity contribution in [3.8, 4) is 0 Å². The van der Waals surface area contributed by atoms with Crippen molar-refractivity contribution in [2.45, 2.75) is 19.5 Å². The lowest BCUT2D eigenvalue weighted by atomic mass is 10.1. The number of pyridine rings is 1. The minimum Gasteiger partial charge on any atom is -0.385 e. The Labute approximate surface area is 201 Å². The van der Waals surface area contributed by atoms with Crippen LogP contribution in [-0.2, 0) is 27.4 Å². The topological polar surface area (TPSA) is 76.5 Å². The van der Waals surface area contributed by atoms with E-state index in [9.17, 15) is 9.59 Å². The first kappa shape index (κ1) is 23.2. The number of carbonyl (C=O) groups is 2. The fourth-order valence-electron chi connectivity index (χ4n) is 3.63. The number of nitrogens with zero attached hydrogens (tertiary/aromatic N) is 3. The molecular formula is C24H24N4O3S2. The van der Waals surface area contributed by atoms with Crippen molar-refractivity contribution in [1.29, 1.82) is 0 Å². The van der Waals surface area contributed by atoms with Crippen LogP contribution in [-0.4, -0.2) is 50.8 Å². The number of hydrogen-bond acceptors (Lipinski definition) is 6. The maximum absolute atomic E-state index is 13.1. The molecule has 3 aromatic rings. The predicted octanol–water partition coefficient (Wildman–Crippen LogP) is 3.59. The van der Waals surface area contributed by atoms with E-state index < -0.39 is 0 Å². The smallest absolute Gasteiger partial charge is 0.266 e. The second kappa shape index (κ2) is 10.7. The van der Waals surface area contributed by atoms with E-state index >= 15 is 0 Å². The number of nitrogens with one attached hydrogen (secondary N) is 1. The lowest BCUT2D eigenvalue weighted by Crippen LogP contribution is -2.28. The van der Waals surface area contributed by atoms with Gasteiger partial charge in [0.15, 0.2) is 0 Å². The third kappa shape index (κ3) is 5.50. The van der Waals surface area contributed by atoms with Crippen molar-refractivity contribution in [2.24, 2.45) is 0 Å². The number of methoxy groups -OCH3 is 1. The van der Waals surface area contributed by atoms with Gasteiger partial charge in [-0.15, -0.1) is 0 Å². The van der Waals surface area contributed by atoms with Gasteiger partial charge in [0.05, 0.1) is 11.4 Å². The summed E-state index contributed by atoms with van der Waals surface area (Å²) in [4.78, 5) is 31.7. The number of amides is 2. The Morgan fingerprint density at radius 1 is 1.27 bits per heavy atom. The van der Waals surface area contributed by atoms with E-state index in [1.165, 1.54) is 11.8 Å². The Balaban J connectivity index is 1.54. The summed E-state index contributed by atoms with van der Waals surface area (Å²) in [6.07, 6.45) is 7.96. The van der Waals surface area contributed by atoms with Crippen LogP contribution in [0.25, 0.3) is 17.0 Å². The summed E-state index contributed by atoms with van der Waals surface area (Å²) in [6.45, 7) is 1.76. The maximum Gasteiger partial charge on any atom is 0.266 e. The summed E-state index contributed by atoms with van der Waals surface area (Å²) in [5.41, 5.74) is 2.73. The van der Waals surface area contributed by atoms with Crippen LogP contribution >= 0.6 is 24.0 Å². The molecule has 0 bridgehead atoms. The Morgan fingerprint density at radius 2 is 2.12 bits per heavy atom. The van der Waals surface area contributed by atoms with Crippen LogP contribution in [0, 0.1) is 0 Å². The van der Waals surface area contributed by atoms with Gasteiger partial charge in [0.1, 0.15) is 10.9 Å². The van der Waals surface area contributed by atoms with Crippen molar-refractivity contribution >= 4 is 57.1 Å². The summed E-state index contributed by atoms with van der Waals surface area (Å²) in [6, 6.07) is 11.6. The van der Waals surface area contributed by atoms with Gasteiger partial charge in [0, 0.05) is 55.3 Å². The van der Waals surface area contributed by atoms with E-state index in [0.717, 1.165) is 28.5 Å². The highest BCUT2D eigenvalue weighted by Crippen LogP contribution is 2.35. The molecule has 0 spiro atoms. The van der Waals surface area contributed by atoms with Crippen LogP contribution in [0.5, 0.6) is 0 Å². The largest absolute Gasteiger partial charge is 0.385 e. The van der Waals surface area contributed by atoms with Crippen LogP contribution in [0.15, 0.2) is 59.9 Å². The molecular weight excluding hydrogens is 456 g/mol. The molecule has 170 valence electrons. The minimum absolute atomic E-state index is 0.0683. The number of benzene rings is 1. The predicted molar refractivity (Wildman–Crippen MR) is 134 cm³/mol. The molecule has 1 fully saturated rings. The summed E-state index contributed by atoms with van der Waals surface area (Å²) in [5, 5.41) is 3.89. The number of rotatable bonds is 9. The zero-order valence-electron chi connectivity index (χ0n) is 18.2. The normalized spacial score (nSPS) is 15.1. The highest BCUT2D eigenvalue weighted by Gasteiger charge is 2.32. The van der Waals surface area contributed by atoms with Crippen molar-refractivity contribution < 1.29 is 14.3 Å². The van der Waals surface area contributed by atoms with Crippen LogP contribution in [0.2, 0.25) is 0 Å². The van der Waals surface area contributed by atoms with Gasteiger partial charge < -0.3 is 14.6 Å². The average Bonchev–Trinajstić information content (AvgIpc) is 3.29. The Morgan fingerprint density at radius 3 is 2.91 bits per heavy atom. The molecule has 1 aliphatic heterocycles. The number of hydrogen-bond donors (Lipinski definition) is 1. The minimum atomic E-state index is -0.124. The molecule has 0 saturated carbocycles. The second-order valence-corrected chi connectivity index (χ2v) is 9.23. The van der Waals surface area contributed by atoms with E-state index in [0.29, 0.717) is 28.9 Å². The molecule has 1 saturated heterocycles. The molecule has 0 radical (unpaired) electrons. The molecule has 0 aliphatic carbocycles. The first-order valence-corrected chi connectivity index (χ1v) is 11.8. The van der Waals surface area contributed by atoms with Gasteiger partial charge in [-0.05, 0) is 30.2 Å². The van der Waals surface area contributed by atoms with Crippen LogP contribution in [0.1, 0.15) is 17.5 Å². The van der Waals surface area contributed by atoms with E-state index in [1.807, 2.05) is 53.2 Å². The fraction of sp³-hybridized carbons (Fsp3) is 0.250. The van der Waals surface area contributed by atoms with Gasteiger partial charge in [0.25, 0.3) is 5.91 Å². The first-order chi connectivity index (χ1) is 16.1. The summed E-state index contributed by atoms with van der Waals surface area (Å²) < 4.78 is 7.44. The van der Waals surface area contributed by atoms with Gasteiger partial charge in [-0.1, -0.05) is 48.2 Å². The van der Waals surface area contributed by atoms with Gasteiger partial charge in [-0.2, -0.15) is 0 Å². The SMILES string of the molecule is COCCCNC(=O)Cn1cc(/C=C2\SC(=S)N(Cc3cccnc3)C2=O)c2ccccc21. The first-order valence-electron chi connectivity index (χ1n) is 10.5. The van der Waals surface area contributed by atoms with E-state index in [4.69, 9.17) is 17.0 Å².